The van der Waals surface area contributed by atoms with Gasteiger partial charge in [-0.2, -0.15) is 0 Å². The minimum absolute atomic E-state index is 0.121. The Bertz CT molecular complexity index is 1590. The molecule has 2 aromatic heterocycles. The molecule has 3 aromatic rings. The highest BCUT2D eigenvalue weighted by atomic mass is 28.3. The Morgan fingerprint density at radius 1 is 1.23 bits per heavy atom. The van der Waals surface area contributed by atoms with E-state index in [4.69, 9.17) is 14.5 Å². The van der Waals surface area contributed by atoms with Crippen LogP contribution >= 0.6 is 0 Å². The molecule has 39 heavy (non-hydrogen) atoms. The average molecular weight is 550 g/mol. The molecule has 1 amide bonds. The number of carbonyl (C=O) groups is 2. The Kier molecular flexibility index (Phi) is 6.26. The number of aromatic nitrogens is 2. The highest BCUT2D eigenvalue weighted by molar-refractivity contribution is 6.90. The van der Waals surface area contributed by atoms with Crippen molar-refractivity contribution < 1.29 is 24.2 Å². The Labute approximate surface area is 228 Å². The molecule has 1 unspecified atom stereocenters. The van der Waals surface area contributed by atoms with Crippen molar-refractivity contribution in [3.8, 4) is 11.4 Å². The second-order valence-corrected chi connectivity index (χ2v) is 17.5. The van der Waals surface area contributed by atoms with Crippen molar-refractivity contribution in [3.05, 3.63) is 51.3 Å². The molecular formula is C29H35N3O6Si. The Morgan fingerprint density at radius 3 is 2.56 bits per heavy atom. The van der Waals surface area contributed by atoms with Gasteiger partial charge in [0, 0.05) is 10.9 Å². The van der Waals surface area contributed by atoms with E-state index >= 15 is 0 Å². The molecule has 0 fully saturated rings. The number of rotatable bonds is 4. The number of ether oxygens (including phenoxy) is 2. The lowest BCUT2D eigenvalue weighted by Crippen LogP contribution is -2.47. The van der Waals surface area contributed by atoms with Crippen molar-refractivity contribution in [2.75, 3.05) is 11.9 Å². The van der Waals surface area contributed by atoms with Crippen LogP contribution in [0.4, 0.5) is 10.5 Å². The van der Waals surface area contributed by atoms with Gasteiger partial charge in [-0.05, 0) is 56.1 Å². The Hall–Kier alpha value is -3.50. The number of nitrogens with one attached hydrogen (secondary N) is 1. The zero-order valence-electron chi connectivity index (χ0n) is 23.5. The Balaban J connectivity index is 1.73. The van der Waals surface area contributed by atoms with Crippen LogP contribution in [0.1, 0.15) is 50.8 Å². The number of aliphatic hydroxyl groups excluding tert-OH is 1. The highest BCUT2D eigenvalue weighted by Crippen LogP contribution is 2.40. The number of hydrogen-bond donors (Lipinski definition) is 2. The summed E-state index contributed by atoms with van der Waals surface area (Å²) < 4.78 is 12.5. The van der Waals surface area contributed by atoms with Crippen molar-refractivity contribution >= 4 is 41.9 Å². The number of carbonyl (C=O) groups excluding carboxylic acids is 2. The van der Waals surface area contributed by atoms with E-state index in [0.717, 1.165) is 21.7 Å². The van der Waals surface area contributed by atoms with Gasteiger partial charge in [-0.15, -0.1) is 0 Å². The molecule has 0 spiro atoms. The van der Waals surface area contributed by atoms with Crippen molar-refractivity contribution in [2.45, 2.75) is 77.9 Å². The van der Waals surface area contributed by atoms with E-state index in [2.05, 4.69) is 25.0 Å². The van der Waals surface area contributed by atoms with Crippen LogP contribution in [0.3, 0.4) is 0 Å². The van der Waals surface area contributed by atoms with Gasteiger partial charge in [-0.1, -0.05) is 32.6 Å². The first kappa shape index (κ1) is 27.1. The predicted octanol–water partition coefficient (Wildman–Crippen LogP) is 4.01. The molecule has 0 radical (unpaired) electrons. The molecule has 0 saturated heterocycles. The molecular weight excluding hydrogens is 514 g/mol. The van der Waals surface area contributed by atoms with Gasteiger partial charge in [0.05, 0.1) is 49.4 Å². The SMILES string of the molecule is CCC1(CO)C(=O)OCc2c1cc1n(c2=O)Cc2cc3c(NC(=O)OC(C)(C)C)ccc([Si](C)(C)C)c3nc2-1. The third-order valence-electron chi connectivity index (χ3n) is 7.61. The standard InChI is InChI=1S/C29H35N3O6Si/c1-8-29(15-33)19-12-21-23-16(13-32(21)25(34)18(19)14-37-26(29)35)11-17-20(30-27(36)38-28(2,3)4)9-10-22(24(17)31-23)39(5,6)7/h9-12,33H,8,13-15H2,1-7H3,(H,30,36). The topological polar surface area (TPSA) is 120 Å². The van der Waals surface area contributed by atoms with E-state index in [-0.39, 0.29) is 12.2 Å². The van der Waals surface area contributed by atoms with Crippen LogP contribution in [0.5, 0.6) is 0 Å². The molecule has 5 rings (SSSR count). The number of cyclic esters (lactones) is 1. The lowest BCUT2D eigenvalue weighted by atomic mass is 9.75. The molecule has 2 N–H and O–H groups in total. The van der Waals surface area contributed by atoms with Crippen molar-refractivity contribution in [2.24, 2.45) is 0 Å². The fraction of sp³-hybridized carbons (Fsp3) is 0.448. The summed E-state index contributed by atoms with van der Waals surface area (Å²) in [5, 5.41) is 15.1. The summed E-state index contributed by atoms with van der Waals surface area (Å²) in [6.07, 6.45) is -0.253. The van der Waals surface area contributed by atoms with Crippen molar-refractivity contribution in [3.63, 3.8) is 0 Å². The zero-order valence-corrected chi connectivity index (χ0v) is 24.5. The van der Waals surface area contributed by atoms with Gasteiger partial charge in [-0.3, -0.25) is 14.9 Å². The van der Waals surface area contributed by atoms with E-state index in [9.17, 15) is 19.5 Å². The molecule has 0 bridgehead atoms. The number of nitrogens with zero attached hydrogens (tertiary/aromatic N) is 2. The summed E-state index contributed by atoms with van der Waals surface area (Å²) in [6, 6.07) is 7.72. The Morgan fingerprint density at radius 2 is 1.95 bits per heavy atom. The van der Waals surface area contributed by atoms with E-state index in [1.165, 1.54) is 0 Å². The van der Waals surface area contributed by atoms with E-state index in [1.54, 1.807) is 11.5 Å². The van der Waals surface area contributed by atoms with Crippen LogP contribution in [0.25, 0.3) is 22.3 Å². The smallest absolute Gasteiger partial charge is 0.412 e. The zero-order chi connectivity index (χ0) is 28.5. The van der Waals surface area contributed by atoms with Crippen molar-refractivity contribution in [1.82, 2.24) is 9.55 Å². The van der Waals surface area contributed by atoms with E-state index in [0.29, 0.717) is 41.2 Å². The fourth-order valence-electron chi connectivity index (χ4n) is 5.53. The number of hydrogen-bond acceptors (Lipinski definition) is 7. The molecule has 2 aliphatic rings. The van der Waals surface area contributed by atoms with Gasteiger partial charge in [-0.25, -0.2) is 9.78 Å². The fourth-order valence-corrected chi connectivity index (χ4v) is 7.02. The third-order valence-corrected chi connectivity index (χ3v) is 9.63. The number of anilines is 1. The molecule has 2 aliphatic heterocycles. The number of amides is 1. The summed E-state index contributed by atoms with van der Waals surface area (Å²) >= 11 is 0. The lowest BCUT2D eigenvalue weighted by Gasteiger charge is -2.34. The maximum atomic E-state index is 13.7. The minimum Gasteiger partial charge on any atom is -0.460 e. The predicted molar refractivity (Wildman–Crippen MR) is 152 cm³/mol. The summed E-state index contributed by atoms with van der Waals surface area (Å²) in [6.45, 7) is 13.7. The highest BCUT2D eigenvalue weighted by Gasteiger charge is 2.46. The third kappa shape index (κ3) is 4.35. The van der Waals surface area contributed by atoms with Gasteiger partial charge in [0.25, 0.3) is 5.56 Å². The molecule has 1 atom stereocenters. The second kappa shape index (κ2) is 9.02. The number of fused-ring (bicyclic) bond motifs is 5. The van der Waals surface area contributed by atoms with Crippen LogP contribution in [0, 0.1) is 0 Å². The normalized spacial score (nSPS) is 18.3. The summed E-state index contributed by atoms with van der Waals surface area (Å²) in [5.74, 6) is -0.520. The van der Waals surface area contributed by atoms with Gasteiger partial charge in [0.2, 0.25) is 0 Å². The van der Waals surface area contributed by atoms with Crippen LogP contribution in [-0.4, -0.2) is 47.0 Å². The maximum Gasteiger partial charge on any atom is 0.412 e. The molecule has 4 heterocycles. The van der Waals surface area contributed by atoms with Crippen molar-refractivity contribution in [1.29, 1.82) is 0 Å². The number of esters is 1. The summed E-state index contributed by atoms with van der Waals surface area (Å²) in [4.78, 5) is 44.2. The van der Waals surface area contributed by atoms with Gasteiger partial charge >= 0.3 is 12.1 Å². The average Bonchev–Trinajstić information content (AvgIpc) is 3.19. The summed E-state index contributed by atoms with van der Waals surface area (Å²) in [5.41, 5.74) is 2.19. The molecule has 9 nitrogen and oxygen atoms in total. The van der Waals surface area contributed by atoms with Crippen LogP contribution in [-0.2, 0) is 32.8 Å². The second-order valence-electron chi connectivity index (χ2n) is 12.4. The number of aliphatic hydroxyl groups is 1. The van der Waals surface area contributed by atoms with Crippen LogP contribution in [0.15, 0.2) is 29.1 Å². The van der Waals surface area contributed by atoms with Crippen LogP contribution in [0.2, 0.25) is 19.6 Å². The van der Waals surface area contributed by atoms with Gasteiger partial charge < -0.3 is 19.1 Å². The molecule has 10 heteroatoms. The first-order valence-corrected chi connectivity index (χ1v) is 16.7. The quantitative estimate of drug-likeness (QED) is 0.292. The minimum atomic E-state index is -1.87. The number of pyridine rings is 2. The molecule has 206 valence electrons. The maximum absolute atomic E-state index is 13.7. The first-order chi connectivity index (χ1) is 18.2. The van der Waals surface area contributed by atoms with E-state index < -0.39 is 37.8 Å². The summed E-state index contributed by atoms with van der Waals surface area (Å²) in [7, 11) is -1.87. The molecule has 1 aromatic carbocycles. The van der Waals surface area contributed by atoms with Crippen LogP contribution < -0.4 is 16.1 Å². The molecule has 0 aliphatic carbocycles. The van der Waals surface area contributed by atoms with Gasteiger partial charge in [0.1, 0.15) is 17.6 Å². The largest absolute Gasteiger partial charge is 0.460 e. The molecule has 0 saturated carbocycles. The van der Waals surface area contributed by atoms with Gasteiger partial charge in [0.15, 0.2) is 0 Å². The number of benzene rings is 1. The monoisotopic (exact) mass is 549 g/mol. The first-order valence-electron chi connectivity index (χ1n) is 13.2. The van der Waals surface area contributed by atoms with E-state index in [1.807, 2.05) is 45.0 Å². The lowest BCUT2D eigenvalue weighted by molar-refractivity contribution is -0.156.